The minimum Gasteiger partial charge on any atom is -0.480 e. The Morgan fingerprint density at radius 2 is 0.971 bits per heavy atom. The predicted octanol–water partition coefficient (Wildman–Crippen LogP) is -4.42. The highest BCUT2D eigenvalue weighted by Gasteiger charge is 2.30. The van der Waals surface area contributed by atoms with Gasteiger partial charge in [0.05, 0.1) is 6.04 Å². The lowest BCUT2D eigenvalue weighted by Gasteiger charge is -2.24. The largest absolute Gasteiger partial charge is 0.480 e. The Balaban J connectivity index is 5.59. The molecule has 4 atom stereocenters. The van der Waals surface area contributed by atoms with Crippen molar-refractivity contribution in [2.24, 2.45) is 22.9 Å². The molecular weight excluding hydrogens is 474 g/mol. The summed E-state index contributed by atoms with van der Waals surface area (Å²) in [4.78, 5) is 82.2. The number of nitrogens with one attached hydrogen (secondary N) is 3. The molecule has 34 heavy (non-hydrogen) atoms. The van der Waals surface area contributed by atoms with Gasteiger partial charge in [0.2, 0.25) is 35.4 Å². The average Bonchev–Trinajstić information content (AvgIpc) is 2.74. The number of carbonyl (C=O) groups excluding carboxylic acids is 6. The summed E-state index contributed by atoms with van der Waals surface area (Å²) in [6.07, 6.45) is -1.82. The molecule has 0 fully saturated rings. The van der Waals surface area contributed by atoms with Gasteiger partial charge in [-0.2, -0.15) is 12.6 Å². The van der Waals surface area contributed by atoms with E-state index in [9.17, 15) is 38.7 Å². The highest BCUT2D eigenvalue weighted by molar-refractivity contribution is 7.80. The number of carboxylic acids is 1. The molecule has 0 spiro atoms. The fourth-order valence-corrected chi connectivity index (χ4v) is 2.73. The van der Waals surface area contributed by atoms with Crippen LogP contribution in [0.2, 0.25) is 0 Å². The van der Waals surface area contributed by atoms with Gasteiger partial charge in [-0.1, -0.05) is 0 Å². The molecule has 12 N–H and O–H groups in total. The van der Waals surface area contributed by atoms with Gasteiger partial charge in [0.1, 0.15) is 18.1 Å². The number of hydrogen-bond acceptors (Lipinski definition) is 9. The smallest absolute Gasteiger partial charge is 0.326 e. The van der Waals surface area contributed by atoms with E-state index < -0.39 is 65.6 Å². The van der Waals surface area contributed by atoms with Crippen LogP contribution in [0.1, 0.15) is 38.5 Å². The van der Waals surface area contributed by atoms with Crippen LogP contribution in [0.25, 0.3) is 0 Å². The first kappa shape index (κ1) is 30.6. The van der Waals surface area contributed by atoms with Crippen molar-refractivity contribution in [1.29, 1.82) is 0 Å². The Morgan fingerprint density at radius 3 is 1.29 bits per heavy atom. The Hall–Kier alpha value is -3.40. The number of carboxylic acid groups (broad SMARTS) is 1. The second-order valence-electron chi connectivity index (χ2n) is 7.33. The molecule has 0 aliphatic heterocycles. The first-order valence-electron chi connectivity index (χ1n) is 10.1. The third-order valence-electron chi connectivity index (χ3n) is 4.45. The number of thiol groups is 1. The summed E-state index contributed by atoms with van der Waals surface area (Å²) in [5, 5.41) is 16.0. The molecule has 15 nitrogen and oxygen atoms in total. The summed E-state index contributed by atoms with van der Waals surface area (Å²) < 4.78 is 0. The summed E-state index contributed by atoms with van der Waals surface area (Å²) in [6, 6.07) is -5.35. The predicted molar refractivity (Wildman–Crippen MR) is 121 cm³/mol. The van der Waals surface area contributed by atoms with E-state index in [1.807, 2.05) is 0 Å². The summed E-state index contributed by atoms with van der Waals surface area (Å²) in [5.74, 6) is -6.50. The maximum Gasteiger partial charge on any atom is 0.326 e. The summed E-state index contributed by atoms with van der Waals surface area (Å²) in [6.45, 7) is 0. The lowest BCUT2D eigenvalue weighted by Crippen LogP contribution is -2.57. The van der Waals surface area contributed by atoms with E-state index in [4.69, 9.17) is 22.9 Å². The van der Waals surface area contributed by atoms with Gasteiger partial charge in [-0.3, -0.25) is 28.8 Å². The zero-order valence-corrected chi connectivity index (χ0v) is 19.2. The van der Waals surface area contributed by atoms with Gasteiger partial charge in [-0.05, 0) is 19.3 Å². The Kier molecular flexibility index (Phi) is 13.9. The number of rotatable bonds is 17. The third kappa shape index (κ3) is 12.6. The number of hydrogen-bond donors (Lipinski definition) is 9. The molecular formula is C18H31N7O8S. The minimum absolute atomic E-state index is 0.0402. The average molecular weight is 506 g/mol. The van der Waals surface area contributed by atoms with Crippen LogP contribution in [0.4, 0.5) is 0 Å². The molecule has 0 saturated heterocycles. The zero-order valence-electron chi connectivity index (χ0n) is 18.3. The highest BCUT2D eigenvalue weighted by atomic mass is 32.1. The van der Waals surface area contributed by atoms with Crippen molar-refractivity contribution in [3.8, 4) is 0 Å². The Labute approximate surface area is 200 Å². The Morgan fingerprint density at radius 1 is 0.647 bits per heavy atom. The monoisotopic (exact) mass is 505 g/mol. The highest BCUT2D eigenvalue weighted by Crippen LogP contribution is 2.05. The number of amides is 6. The van der Waals surface area contributed by atoms with Gasteiger partial charge in [0.15, 0.2) is 0 Å². The summed E-state index contributed by atoms with van der Waals surface area (Å²) in [5.41, 5.74) is 20.8. The summed E-state index contributed by atoms with van der Waals surface area (Å²) in [7, 11) is 0. The molecule has 0 radical (unpaired) electrons. The van der Waals surface area contributed by atoms with Crippen LogP contribution >= 0.6 is 12.6 Å². The maximum atomic E-state index is 12.8. The van der Waals surface area contributed by atoms with Crippen LogP contribution in [0.15, 0.2) is 0 Å². The van der Waals surface area contributed by atoms with Crippen molar-refractivity contribution >= 4 is 54.0 Å². The normalized spacial score (nSPS) is 14.1. The fourth-order valence-electron chi connectivity index (χ4n) is 2.56. The molecule has 16 heteroatoms. The van der Waals surface area contributed by atoms with Crippen LogP contribution in [-0.2, 0) is 33.6 Å². The minimum atomic E-state index is -1.51. The molecule has 0 aromatic rings. The molecule has 0 heterocycles. The van der Waals surface area contributed by atoms with Crippen LogP contribution in [0, 0.1) is 0 Å². The SMILES string of the molecule is NC(=O)CCC(NC(=O)C(CCC(N)=O)NC(=O)C(CCC(N)=O)NC(=O)C(N)CS)C(=O)O. The quantitative estimate of drug-likeness (QED) is 0.0861. The van der Waals surface area contributed by atoms with Gasteiger partial charge >= 0.3 is 5.97 Å². The van der Waals surface area contributed by atoms with Crippen molar-refractivity contribution in [2.45, 2.75) is 62.7 Å². The molecule has 0 aliphatic rings. The second-order valence-corrected chi connectivity index (χ2v) is 7.69. The van der Waals surface area contributed by atoms with Crippen molar-refractivity contribution in [3.63, 3.8) is 0 Å². The number of nitrogens with two attached hydrogens (primary N) is 4. The lowest BCUT2D eigenvalue weighted by atomic mass is 10.1. The van der Waals surface area contributed by atoms with Crippen LogP contribution < -0.4 is 38.9 Å². The molecule has 0 rings (SSSR count). The van der Waals surface area contributed by atoms with E-state index in [2.05, 4.69) is 28.6 Å². The van der Waals surface area contributed by atoms with E-state index in [1.54, 1.807) is 0 Å². The maximum absolute atomic E-state index is 12.8. The third-order valence-corrected chi connectivity index (χ3v) is 4.85. The van der Waals surface area contributed by atoms with Crippen molar-refractivity contribution in [3.05, 3.63) is 0 Å². The molecule has 0 aliphatic carbocycles. The van der Waals surface area contributed by atoms with Gasteiger partial charge < -0.3 is 44.0 Å². The molecule has 4 unspecified atom stereocenters. The molecule has 0 saturated carbocycles. The van der Waals surface area contributed by atoms with E-state index >= 15 is 0 Å². The number of aliphatic carboxylic acids is 1. The molecule has 6 amide bonds. The Bertz CT molecular complexity index is 794. The number of carbonyl (C=O) groups is 7. The molecule has 0 bridgehead atoms. The topological polar surface area (TPSA) is 280 Å². The van der Waals surface area contributed by atoms with E-state index in [0.29, 0.717) is 0 Å². The standard InChI is InChI=1S/C18H31N7O8S/c19-8(7-34)15(29)23-9(1-4-12(20)26)16(30)24-10(2-5-13(21)27)17(31)25-11(18(32)33)3-6-14(22)28/h8-11,34H,1-7,19H2,(H2,20,26)(H2,21,27)(H2,22,28)(H,23,29)(H,24,30)(H,25,31)(H,32,33). The van der Waals surface area contributed by atoms with Gasteiger partial charge in [0.25, 0.3) is 0 Å². The fraction of sp³-hybridized carbons (Fsp3) is 0.611. The summed E-state index contributed by atoms with van der Waals surface area (Å²) >= 11 is 3.89. The van der Waals surface area contributed by atoms with Gasteiger partial charge in [-0.15, -0.1) is 0 Å². The van der Waals surface area contributed by atoms with E-state index in [0.717, 1.165) is 0 Å². The lowest BCUT2D eigenvalue weighted by molar-refractivity contribution is -0.142. The molecule has 0 aromatic carbocycles. The van der Waals surface area contributed by atoms with Gasteiger partial charge in [-0.25, -0.2) is 4.79 Å². The van der Waals surface area contributed by atoms with E-state index in [1.165, 1.54) is 0 Å². The van der Waals surface area contributed by atoms with Crippen molar-refractivity contribution in [2.75, 3.05) is 5.75 Å². The zero-order chi connectivity index (χ0) is 26.4. The van der Waals surface area contributed by atoms with Crippen LogP contribution in [0.5, 0.6) is 0 Å². The first-order chi connectivity index (χ1) is 15.8. The molecule has 192 valence electrons. The first-order valence-corrected chi connectivity index (χ1v) is 10.8. The van der Waals surface area contributed by atoms with Crippen LogP contribution in [0.3, 0.4) is 0 Å². The number of primary amides is 3. The second kappa shape index (κ2) is 15.4. The molecule has 0 aromatic heterocycles. The van der Waals surface area contributed by atoms with Crippen molar-refractivity contribution in [1.82, 2.24) is 16.0 Å². The van der Waals surface area contributed by atoms with Crippen LogP contribution in [-0.4, -0.2) is 76.4 Å². The van der Waals surface area contributed by atoms with E-state index in [-0.39, 0.29) is 44.3 Å². The van der Waals surface area contributed by atoms with Crippen molar-refractivity contribution < 1.29 is 38.7 Å². The van der Waals surface area contributed by atoms with Gasteiger partial charge in [0, 0.05) is 25.0 Å².